The molecule has 0 bridgehead atoms. The highest BCUT2D eigenvalue weighted by molar-refractivity contribution is 5.67. The van der Waals surface area contributed by atoms with Gasteiger partial charge in [0.25, 0.3) is 5.69 Å². The molecule has 17 heavy (non-hydrogen) atoms. The first-order chi connectivity index (χ1) is 7.91. The van der Waals surface area contributed by atoms with Crippen LogP contribution in [0.4, 0.5) is 5.69 Å². The fraction of sp³-hybridized carbons (Fsp3) is 0.364. The minimum absolute atomic E-state index is 0.0370. The van der Waals surface area contributed by atoms with Gasteiger partial charge in [-0.25, -0.2) is 0 Å². The van der Waals surface area contributed by atoms with Crippen LogP contribution in [0, 0.1) is 17.0 Å². The molecular formula is C11H13NO5. The van der Waals surface area contributed by atoms with E-state index in [1.54, 1.807) is 19.9 Å². The van der Waals surface area contributed by atoms with Gasteiger partial charge in [0.2, 0.25) is 0 Å². The van der Waals surface area contributed by atoms with Gasteiger partial charge in [0.15, 0.2) is 0 Å². The Hall–Kier alpha value is -2.11. The van der Waals surface area contributed by atoms with E-state index in [2.05, 4.69) is 0 Å². The maximum absolute atomic E-state index is 10.7. The van der Waals surface area contributed by atoms with E-state index in [0.29, 0.717) is 11.3 Å². The number of rotatable bonds is 5. The molecule has 0 unspecified atom stereocenters. The number of nitrogens with zero attached hydrogens (tertiary/aromatic N) is 1. The summed E-state index contributed by atoms with van der Waals surface area (Å²) >= 11 is 0. The summed E-state index contributed by atoms with van der Waals surface area (Å²) < 4.78 is 5.36. The van der Waals surface area contributed by atoms with Crippen LogP contribution >= 0.6 is 0 Å². The second kappa shape index (κ2) is 5.29. The van der Waals surface area contributed by atoms with Gasteiger partial charge in [-0.3, -0.25) is 14.9 Å². The van der Waals surface area contributed by atoms with Crippen LogP contribution in [0.15, 0.2) is 18.2 Å². The molecule has 0 heterocycles. The van der Waals surface area contributed by atoms with Crippen LogP contribution in [0.25, 0.3) is 0 Å². The summed E-state index contributed by atoms with van der Waals surface area (Å²) in [5, 5.41) is 19.3. The van der Waals surface area contributed by atoms with E-state index in [-0.39, 0.29) is 12.1 Å². The molecular weight excluding hydrogens is 226 g/mol. The van der Waals surface area contributed by atoms with Gasteiger partial charge in [0, 0.05) is 6.07 Å². The third-order valence-corrected chi connectivity index (χ3v) is 2.24. The first kappa shape index (κ1) is 13.0. The maximum atomic E-state index is 10.7. The van der Waals surface area contributed by atoms with Gasteiger partial charge in [-0.15, -0.1) is 0 Å². The zero-order valence-electron chi connectivity index (χ0n) is 9.54. The van der Waals surface area contributed by atoms with Crippen molar-refractivity contribution in [3.05, 3.63) is 33.9 Å². The molecule has 6 nitrogen and oxygen atoms in total. The summed E-state index contributed by atoms with van der Waals surface area (Å²) in [4.78, 5) is 20.7. The molecule has 0 fully saturated rings. The lowest BCUT2D eigenvalue weighted by Gasteiger charge is -2.14. The Morgan fingerprint density at radius 1 is 1.59 bits per heavy atom. The number of aliphatic carboxylic acids is 1. The van der Waals surface area contributed by atoms with Crippen LogP contribution in [0.3, 0.4) is 0 Å². The molecule has 0 aliphatic heterocycles. The molecule has 0 saturated carbocycles. The molecule has 0 aliphatic rings. The number of hydrogen-bond donors (Lipinski definition) is 1. The number of benzene rings is 1. The highest BCUT2D eigenvalue weighted by Gasteiger charge is 2.16. The van der Waals surface area contributed by atoms with Gasteiger partial charge in [0.05, 0.1) is 16.9 Å². The normalized spacial score (nSPS) is 11.9. The predicted molar refractivity (Wildman–Crippen MR) is 60.2 cm³/mol. The Bertz CT molecular complexity index is 443. The van der Waals surface area contributed by atoms with Crippen molar-refractivity contribution in [1.82, 2.24) is 0 Å². The van der Waals surface area contributed by atoms with E-state index in [9.17, 15) is 14.9 Å². The first-order valence-electron chi connectivity index (χ1n) is 5.04. The maximum Gasteiger partial charge on any atom is 0.307 e. The molecule has 1 N–H and O–H groups in total. The molecule has 6 heteroatoms. The molecule has 0 amide bonds. The smallest absolute Gasteiger partial charge is 0.307 e. The number of carboxylic acids is 1. The fourth-order valence-corrected chi connectivity index (χ4v) is 1.43. The molecule has 1 aromatic rings. The van der Waals surface area contributed by atoms with Gasteiger partial charge in [0.1, 0.15) is 11.9 Å². The molecule has 0 radical (unpaired) electrons. The Kier molecular flexibility index (Phi) is 4.03. The number of carbonyl (C=O) groups is 1. The number of ether oxygens (including phenoxy) is 1. The summed E-state index contributed by atoms with van der Waals surface area (Å²) in [7, 11) is 0. The Morgan fingerprint density at radius 2 is 2.24 bits per heavy atom. The lowest BCUT2D eigenvalue weighted by atomic mass is 10.2. The highest BCUT2D eigenvalue weighted by atomic mass is 16.6. The standard InChI is InChI=1S/C11H13NO5/c1-7(6-11(13)14)17-10-5-3-4-9(8(10)2)12(15)16/h3-5,7H,6H2,1-2H3,(H,13,14)/t7-/m1/s1. The lowest BCUT2D eigenvalue weighted by molar-refractivity contribution is -0.385. The van der Waals surface area contributed by atoms with Crippen molar-refractivity contribution in [2.24, 2.45) is 0 Å². The zero-order valence-corrected chi connectivity index (χ0v) is 9.54. The van der Waals surface area contributed by atoms with Crippen molar-refractivity contribution >= 4 is 11.7 Å². The second-order valence-corrected chi connectivity index (χ2v) is 3.68. The van der Waals surface area contributed by atoms with Crippen molar-refractivity contribution in [3.63, 3.8) is 0 Å². The molecule has 1 rings (SSSR count). The van der Waals surface area contributed by atoms with E-state index in [0.717, 1.165) is 0 Å². The molecule has 0 aliphatic carbocycles. The number of nitro benzene ring substituents is 1. The van der Waals surface area contributed by atoms with Crippen LogP contribution in [-0.4, -0.2) is 22.1 Å². The van der Waals surface area contributed by atoms with Crippen molar-refractivity contribution < 1.29 is 19.6 Å². The van der Waals surface area contributed by atoms with E-state index in [1.165, 1.54) is 12.1 Å². The average Bonchev–Trinajstić information content (AvgIpc) is 2.19. The second-order valence-electron chi connectivity index (χ2n) is 3.68. The summed E-state index contributed by atoms with van der Waals surface area (Å²) in [5.41, 5.74) is 0.361. The third-order valence-electron chi connectivity index (χ3n) is 2.24. The zero-order chi connectivity index (χ0) is 13.0. The summed E-state index contributed by atoms with van der Waals surface area (Å²) in [6.45, 7) is 3.17. The fourth-order valence-electron chi connectivity index (χ4n) is 1.43. The number of nitro groups is 1. The van der Waals surface area contributed by atoms with E-state index < -0.39 is 17.0 Å². The highest BCUT2D eigenvalue weighted by Crippen LogP contribution is 2.27. The van der Waals surface area contributed by atoms with Gasteiger partial charge >= 0.3 is 5.97 Å². The molecule has 0 saturated heterocycles. The monoisotopic (exact) mass is 239 g/mol. The van der Waals surface area contributed by atoms with Crippen LogP contribution in [0.2, 0.25) is 0 Å². The topological polar surface area (TPSA) is 89.7 Å². The molecule has 1 aromatic carbocycles. The van der Waals surface area contributed by atoms with E-state index in [1.807, 2.05) is 0 Å². The van der Waals surface area contributed by atoms with Crippen molar-refractivity contribution in [3.8, 4) is 5.75 Å². The van der Waals surface area contributed by atoms with Crippen molar-refractivity contribution in [1.29, 1.82) is 0 Å². The summed E-state index contributed by atoms with van der Waals surface area (Å²) in [6.07, 6.45) is -0.685. The van der Waals surface area contributed by atoms with E-state index >= 15 is 0 Å². The molecule has 92 valence electrons. The van der Waals surface area contributed by atoms with Crippen LogP contribution in [0.5, 0.6) is 5.75 Å². The van der Waals surface area contributed by atoms with Gasteiger partial charge in [-0.2, -0.15) is 0 Å². The van der Waals surface area contributed by atoms with E-state index in [4.69, 9.17) is 9.84 Å². The number of carboxylic acid groups (broad SMARTS) is 1. The summed E-state index contributed by atoms with van der Waals surface area (Å²) in [6, 6.07) is 4.47. The van der Waals surface area contributed by atoms with Crippen molar-refractivity contribution in [2.45, 2.75) is 26.4 Å². The minimum atomic E-state index is -0.972. The first-order valence-corrected chi connectivity index (χ1v) is 5.04. The summed E-state index contributed by atoms with van der Waals surface area (Å²) in [5.74, 6) is -0.631. The SMILES string of the molecule is Cc1c(O[C@H](C)CC(=O)O)cccc1[N+](=O)[O-]. The van der Waals surface area contributed by atoms with Crippen LogP contribution < -0.4 is 4.74 Å². The average molecular weight is 239 g/mol. The Labute approximate surface area is 98.0 Å². The molecule has 0 aromatic heterocycles. The van der Waals surface area contributed by atoms with Gasteiger partial charge in [-0.05, 0) is 19.9 Å². The number of hydrogen-bond acceptors (Lipinski definition) is 4. The Balaban J connectivity index is 2.88. The lowest BCUT2D eigenvalue weighted by Crippen LogP contribution is -2.17. The predicted octanol–water partition coefficient (Wildman–Crippen LogP) is 2.15. The van der Waals surface area contributed by atoms with Crippen LogP contribution in [-0.2, 0) is 4.79 Å². The minimum Gasteiger partial charge on any atom is -0.490 e. The van der Waals surface area contributed by atoms with Gasteiger partial charge in [-0.1, -0.05) is 6.07 Å². The quantitative estimate of drug-likeness (QED) is 0.628. The third kappa shape index (κ3) is 3.44. The van der Waals surface area contributed by atoms with Crippen molar-refractivity contribution in [2.75, 3.05) is 0 Å². The van der Waals surface area contributed by atoms with Gasteiger partial charge < -0.3 is 9.84 Å². The van der Waals surface area contributed by atoms with Crippen LogP contribution in [0.1, 0.15) is 18.9 Å². The largest absolute Gasteiger partial charge is 0.490 e. The Morgan fingerprint density at radius 3 is 2.76 bits per heavy atom. The molecule has 0 spiro atoms. The molecule has 1 atom stereocenters.